The predicted molar refractivity (Wildman–Crippen MR) is 56.5 cm³/mol. The van der Waals surface area contributed by atoms with Crippen LogP contribution in [0.2, 0.25) is 0 Å². The van der Waals surface area contributed by atoms with Gasteiger partial charge in [-0.25, -0.2) is 0 Å². The molecule has 0 fully saturated rings. The molecule has 0 aliphatic rings. The summed E-state index contributed by atoms with van der Waals surface area (Å²) in [5.41, 5.74) is 1.000. The van der Waals surface area contributed by atoms with Gasteiger partial charge in [0, 0.05) is 15.0 Å². The highest BCUT2D eigenvalue weighted by Crippen LogP contribution is 2.22. The molecule has 0 spiro atoms. The van der Waals surface area contributed by atoms with Crippen molar-refractivity contribution in [1.82, 2.24) is 0 Å². The van der Waals surface area contributed by atoms with Crippen LogP contribution in [-0.4, -0.2) is 0 Å². The second-order valence-corrected chi connectivity index (χ2v) is 3.90. The average molecular weight is 287 g/mol. The number of hydrogen-bond donors (Lipinski definition) is 0. The SMILES string of the molecule is N#CC=Cc1ccc(Br)cc1Br. The van der Waals surface area contributed by atoms with Gasteiger partial charge in [0.25, 0.3) is 0 Å². The van der Waals surface area contributed by atoms with Crippen molar-refractivity contribution < 1.29 is 0 Å². The van der Waals surface area contributed by atoms with Crippen molar-refractivity contribution in [2.24, 2.45) is 0 Å². The smallest absolute Gasteiger partial charge is 0.0912 e. The van der Waals surface area contributed by atoms with Crippen LogP contribution in [0.4, 0.5) is 0 Å². The number of benzene rings is 1. The summed E-state index contributed by atoms with van der Waals surface area (Å²) in [6.07, 6.45) is 3.21. The average Bonchev–Trinajstić information content (AvgIpc) is 2.03. The predicted octanol–water partition coefficient (Wildman–Crippen LogP) is 3.75. The molecule has 0 aliphatic carbocycles. The first-order valence-electron chi connectivity index (χ1n) is 3.25. The van der Waals surface area contributed by atoms with Gasteiger partial charge >= 0.3 is 0 Å². The molecular weight excluding hydrogens is 282 g/mol. The number of nitriles is 1. The summed E-state index contributed by atoms with van der Waals surface area (Å²) >= 11 is 6.73. The summed E-state index contributed by atoms with van der Waals surface area (Å²) in [5, 5.41) is 8.31. The zero-order valence-corrected chi connectivity index (χ0v) is 9.26. The van der Waals surface area contributed by atoms with E-state index in [1.807, 2.05) is 24.3 Å². The van der Waals surface area contributed by atoms with Gasteiger partial charge in [0.05, 0.1) is 6.07 Å². The Morgan fingerprint density at radius 2 is 2.08 bits per heavy atom. The second-order valence-electron chi connectivity index (χ2n) is 2.13. The standard InChI is InChI=1S/C9H5Br2N/c10-8-4-3-7(2-1-5-12)9(11)6-8/h1-4,6H. The van der Waals surface area contributed by atoms with Gasteiger partial charge in [0.2, 0.25) is 0 Å². The van der Waals surface area contributed by atoms with Crippen LogP contribution in [0.25, 0.3) is 6.08 Å². The first kappa shape index (κ1) is 9.50. The van der Waals surface area contributed by atoms with E-state index in [1.165, 1.54) is 6.08 Å². The van der Waals surface area contributed by atoms with Gasteiger partial charge in [-0.2, -0.15) is 5.26 Å². The van der Waals surface area contributed by atoms with Gasteiger partial charge in [-0.3, -0.25) is 0 Å². The molecule has 0 N–H and O–H groups in total. The van der Waals surface area contributed by atoms with Crippen LogP contribution in [0.5, 0.6) is 0 Å². The molecule has 1 rings (SSSR count). The third kappa shape index (κ3) is 2.47. The van der Waals surface area contributed by atoms with E-state index in [9.17, 15) is 0 Å². The van der Waals surface area contributed by atoms with Crippen molar-refractivity contribution in [2.75, 3.05) is 0 Å². The zero-order chi connectivity index (χ0) is 8.97. The molecule has 1 nitrogen and oxygen atoms in total. The van der Waals surface area contributed by atoms with Crippen molar-refractivity contribution >= 4 is 37.9 Å². The number of hydrogen-bond acceptors (Lipinski definition) is 1. The molecule has 12 heavy (non-hydrogen) atoms. The van der Waals surface area contributed by atoms with Crippen LogP contribution in [0.1, 0.15) is 5.56 Å². The molecule has 3 heteroatoms. The highest BCUT2D eigenvalue weighted by atomic mass is 79.9. The van der Waals surface area contributed by atoms with Gasteiger partial charge in [-0.05, 0) is 23.8 Å². The first-order valence-corrected chi connectivity index (χ1v) is 4.84. The van der Waals surface area contributed by atoms with Crippen LogP contribution in [-0.2, 0) is 0 Å². The third-order valence-corrected chi connectivity index (χ3v) is 2.48. The van der Waals surface area contributed by atoms with E-state index >= 15 is 0 Å². The van der Waals surface area contributed by atoms with E-state index in [-0.39, 0.29) is 0 Å². The summed E-state index contributed by atoms with van der Waals surface area (Å²) in [6, 6.07) is 7.75. The second kappa shape index (κ2) is 4.44. The van der Waals surface area contributed by atoms with E-state index in [0.29, 0.717) is 0 Å². The molecule has 0 amide bonds. The van der Waals surface area contributed by atoms with Gasteiger partial charge in [0.15, 0.2) is 0 Å². The molecular formula is C9H5Br2N. The summed E-state index contributed by atoms with van der Waals surface area (Å²) in [7, 11) is 0. The minimum Gasteiger partial charge on any atom is -0.193 e. The molecule has 0 heterocycles. The Bertz CT molecular complexity index is 350. The largest absolute Gasteiger partial charge is 0.193 e. The fourth-order valence-electron chi connectivity index (χ4n) is 0.764. The van der Waals surface area contributed by atoms with Crippen molar-refractivity contribution in [2.45, 2.75) is 0 Å². The minimum atomic E-state index is 0.975. The summed E-state index contributed by atoms with van der Waals surface area (Å²) in [5.74, 6) is 0. The molecule has 0 aromatic heterocycles. The molecule has 1 aromatic carbocycles. The van der Waals surface area contributed by atoms with Crippen molar-refractivity contribution in [3.8, 4) is 6.07 Å². The van der Waals surface area contributed by atoms with Gasteiger partial charge < -0.3 is 0 Å². The van der Waals surface area contributed by atoms with Gasteiger partial charge in [-0.15, -0.1) is 0 Å². The molecule has 0 radical (unpaired) electrons. The van der Waals surface area contributed by atoms with E-state index in [1.54, 1.807) is 6.08 Å². The maximum absolute atomic E-state index is 8.31. The number of nitrogens with zero attached hydrogens (tertiary/aromatic N) is 1. The maximum Gasteiger partial charge on any atom is 0.0912 e. The molecule has 60 valence electrons. The molecule has 0 unspecified atom stereocenters. The number of rotatable bonds is 1. The van der Waals surface area contributed by atoms with Crippen LogP contribution in [0, 0.1) is 11.3 Å². The molecule has 1 aromatic rings. The monoisotopic (exact) mass is 285 g/mol. The highest BCUT2D eigenvalue weighted by molar-refractivity contribution is 9.11. The molecule has 0 saturated heterocycles. The lowest BCUT2D eigenvalue weighted by Crippen LogP contribution is -1.74. The van der Waals surface area contributed by atoms with E-state index in [4.69, 9.17) is 5.26 Å². The Hall–Kier alpha value is -0.590. The quantitative estimate of drug-likeness (QED) is 0.722. The third-order valence-electron chi connectivity index (χ3n) is 1.30. The summed E-state index contributed by atoms with van der Waals surface area (Å²) in [4.78, 5) is 0. The van der Waals surface area contributed by atoms with Crippen LogP contribution < -0.4 is 0 Å². The van der Waals surface area contributed by atoms with Crippen LogP contribution >= 0.6 is 31.9 Å². The molecule has 0 saturated carbocycles. The molecule has 0 bridgehead atoms. The summed E-state index contributed by atoms with van der Waals surface area (Å²) < 4.78 is 1.99. The van der Waals surface area contributed by atoms with E-state index < -0.39 is 0 Å². The Morgan fingerprint density at radius 1 is 1.33 bits per heavy atom. The molecule has 0 aliphatic heterocycles. The van der Waals surface area contributed by atoms with Gasteiger partial charge in [0.1, 0.15) is 0 Å². The lowest BCUT2D eigenvalue weighted by molar-refractivity contribution is 1.53. The first-order chi connectivity index (χ1) is 5.74. The highest BCUT2D eigenvalue weighted by Gasteiger charge is 1.95. The number of halogens is 2. The van der Waals surface area contributed by atoms with Crippen molar-refractivity contribution in [1.29, 1.82) is 5.26 Å². The Labute approximate surface area is 88.0 Å². The van der Waals surface area contributed by atoms with E-state index in [0.717, 1.165) is 14.5 Å². The normalized spacial score (nSPS) is 10.1. The Kier molecular flexibility index (Phi) is 3.51. The number of allylic oxidation sites excluding steroid dienone is 1. The lowest BCUT2D eigenvalue weighted by atomic mass is 10.2. The van der Waals surface area contributed by atoms with E-state index in [2.05, 4.69) is 31.9 Å². The van der Waals surface area contributed by atoms with Crippen LogP contribution in [0.3, 0.4) is 0 Å². The van der Waals surface area contributed by atoms with Crippen LogP contribution in [0.15, 0.2) is 33.2 Å². The maximum atomic E-state index is 8.31. The molecule has 0 atom stereocenters. The Balaban J connectivity index is 3.03. The topological polar surface area (TPSA) is 23.8 Å². The Morgan fingerprint density at radius 3 is 2.67 bits per heavy atom. The zero-order valence-electron chi connectivity index (χ0n) is 6.09. The fraction of sp³-hybridized carbons (Fsp3) is 0. The lowest BCUT2D eigenvalue weighted by Gasteiger charge is -1.97. The fourth-order valence-corrected chi connectivity index (χ4v) is 1.94. The van der Waals surface area contributed by atoms with Crippen molar-refractivity contribution in [3.63, 3.8) is 0 Å². The summed E-state index contributed by atoms with van der Waals surface area (Å²) in [6.45, 7) is 0. The minimum absolute atomic E-state index is 0.975. The van der Waals surface area contributed by atoms with Gasteiger partial charge in [-0.1, -0.05) is 37.9 Å². The van der Waals surface area contributed by atoms with Crippen molar-refractivity contribution in [3.05, 3.63) is 38.8 Å².